The SMILES string of the molecule is Cl.O=C(CN1Cc2ccccc2C1=O)NCC1CNCC1O. The first-order valence-corrected chi connectivity index (χ1v) is 7.18. The van der Waals surface area contributed by atoms with Gasteiger partial charge in [-0.2, -0.15) is 0 Å². The molecule has 2 unspecified atom stereocenters. The number of nitrogens with one attached hydrogen (secondary N) is 2. The number of hydrogen-bond donors (Lipinski definition) is 3. The topological polar surface area (TPSA) is 81.7 Å². The van der Waals surface area contributed by atoms with Crippen molar-refractivity contribution >= 4 is 24.2 Å². The van der Waals surface area contributed by atoms with E-state index in [1.165, 1.54) is 0 Å². The van der Waals surface area contributed by atoms with Crippen molar-refractivity contribution in [2.45, 2.75) is 12.6 Å². The van der Waals surface area contributed by atoms with Crippen LogP contribution in [0.15, 0.2) is 24.3 Å². The van der Waals surface area contributed by atoms with Crippen LogP contribution in [0.1, 0.15) is 15.9 Å². The fourth-order valence-electron chi connectivity index (χ4n) is 2.84. The first-order chi connectivity index (χ1) is 10.1. The van der Waals surface area contributed by atoms with Gasteiger partial charge in [-0.05, 0) is 11.6 Å². The summed E-state index contributed by atoms with van der Waals surface area (Å²) in [5.41, 5.74) is 1.64. The van der Waals surface area contributed by atoms with E-state index in [4.69, 9.17) is 0 Å². The normalized spacial score (nSPS) is 23.1. The molecule has 1 fully saturated rings. The molecule has 0 aromatic heterocycles. The smallest absolute Gasteiger partial charge is 0.254 e. The Morgan fingerprint density at radius 2 is 2.14 bits per heavy atom. The largest absolute Gasteiger partial charge is 0.391 e. The van der Waals surface area contributed by atoms with Crippen LogP contribution >= 0.6 is 12.4 Å². The number of aliphatic hydroxyl groups excluding tert-OH is 1. The van der Waals surface area contributed by atoms with E-state index in [0.717, 1.165) is 5.56 Å². The second-order valence-corrected chi connectivity index (χ2v) is 5.61. The van der Waals surface area contributed by atoms with E-state index >= 15 is 0 Å². The summed E-state index contributed by atoms with van der Waals surface area (Å²) in [7, 11) is 0. The van der Waals surface area contributed by atoms with E-state index in [1.54, 1.807) is 11.0 Å². The van der Waals surface area contributed by atoms with Gasteiger partial charge in [0.25, 0.3) is 5.91 Å². The molecule has 2 aliphatic heterocycles. The van der Waals surface area contributed by atoms with Crippen LogP contribution in [0.3, 0.4) is 0 Å². The molecule has 1 saturated heterocycles. The van der Waals surface area contributed by atoms with Crippen molar-refractivity contribution in [3.63, 3.8) is 0 Å². The van der Waals surface area contributed by atoms with Crippen molar-refractivity contribution in [3.05, 3.63) is 35.4 Å². The summed E-state index contributed by atoms with van der Waals surface area (Å²) in [5, 5.41) is 15.5. The maximum atomic E-state index is 12.1. The second-order valence-electron chi connectivity index (χ2n) is 5.61. The lowest BCUT2D eigenvalue weighted by molar-refractivity contribution is -0.122. The van der Waals surface area contributed by atoms with Gasteiger partial charge in [-0.25, -0.2) is 0 Å². The van der Waals surface area contributed by atoms with Gasteiger partial charge < -0.3 is 20.6 Å². The molecule has 22 heavy (non-hydrogen) atoms. The highest BCUT2D eigenvalue weighted by Crippen LogP contribution is 2.21. The first-order valence-electron chi connectivity index (χ1n) is 7.18. The lowest BCUT2D eigenvalue weighted by Crippen LogP contribution is -2.41. The molecule has 3 N–H and O–H groups in total. The summed E-state index contributed by atoms with van der Waals surface area (Å²) < 4.78 is 0. The van der Waals surface area contributed by atoms with Gasteiger partial charge in [0.2, 0.25) is 5.91 Å². The lowest BCUT2D eigenvalue weighted by Gasteiger charge is -2.17. The molecule has 0 saturated carbocycles. The molecule has 1 aromatic carbocycles. The summed E-state index contributed by atoms with van der Waals surface area (Å²) in [6, 6.07) is 7.42. The summed E-state index contributed by atoms with van der Waals surface area (Å²) >= 11 is 0. The molecule has 2 aliphatic rings. The molecule has 120 valence electrons. The van der Waals surface area contributed by atoms with Crippen molar-refractivity contribution in [2.75, 3.05) is 26.2 Å². The highest BCUT2D eigenvalue weighted by molar-refractivity contribution is 6.00. The molecule has 2 amide bonds. The molecule has 3 rings (SSSR count). The summed E-state index contributed by atoms with van der Waals surface area (Å²) in [5.74, 6) is -0.237. The van der Waals surface area contributed by atoms with Crippen molar-refractivity contribution in [2.24, 2.45) is 5.92 Å². The monoisotopic (exact) mass is 325 g/mol. The average Bonchev–Trinajstić information content (AvgIpc) is 3.02. The third-order valence-corrected chi connectivity index (χ3v) is 4.10. The molecule has 0 aliphatic carbocycles. The van der Waals surface area contributed by atoms with Crippen LogP contribution in [0.4, 0.5) is 0 Å². The van der Waals surface area contributed by atoms with Gasteiger partial charge in [0.15, 0.2) is 0 Å². The Bertz CT molecular complexity index is 567. The minimum absolute atomic E-state index is 0. The maximum Gasteiger partial charge on any atom is 0.254 e. The zero-order valence-corrected chi connectivity index (χ0v) is 12.9. The summed E-state index contributed by atoms with van der Waals surface area (Å²) in [4.78, 5) is 25.6. The number of carbonyl (C=O) groups excluding carboxylic acids is 2. The van der Waals surface area contributed by atoms with Crippen molar-refractivity contribution < 1.29 is 14.7 Å². The predicted octanol–water partition coefficient (Wildman–Crippen LogP) is -0.239. The van der Waals surface area contributed by atoms with Crippen LogP contribution in [-0.2, 0) is 11.3 Å². The van der Waals surface area contributed by atoms with Gasteiger partial charge in [0.05, 0.1) is 6.10 Å². The number of aliphatic hydroxyl groups is 1. The van der Waals surface area contributed by atoms with Gasteiger partial charge in [0, 0.05) is 37.7 Å². The Morgan fingerprint density at radius 3 is 2.82 bits per heavy atom. The number of rotatable bonds is 4. The molecule has 0 radical (unpaired) electrons. The third kappa shape index (κ3) is 3.40. The number of halogens is 1. The van der Waals surface area contributed by atoms with Crippen LogP contribution < -0.4 is 10.6 Å². The molecule has 7 heteroatoms. The summed E-state index contributed by atoms with van der Waals surface area (Å²) in [6.45, 7) is 2.25. The van der Waals surface area contributed by atoms with E-state index in [9.17, 15) is 14.7 Å². The van der Waals surface area contributed by atoms with E-state index in [0.29, 0.717) is 31.7 Å². The molecule has 0 bridgehead atoms. The predicted molar refractivity (Wildman–Crippen MR) is 83.8 cm³/mol. The number of β-amino-alcohol motifs (C(OH)–C–C–N with tert-alkyl or cyclic N) is 1. The molecule has 2 atom stereocenters. The van der Waals surface area contributed by atoms with Gasteiger partial charge in [-0.1, -0.05) is 18.2 Å². The molecular formula is C15H20ClN3O3. The quantitative estimate of drug-likeness (QED) is 0.714. The van der Waals surface area contributed by atoms with Crippen molar-refractivity contribution in [3.8, 4) is 0 Å². The Hall–Kier alpha value is -1.63. The number of nitrogens with zero attached hydrogens (tertiary/aromatic N) is 1. The number of fused-ring (bicyclic) bond motifs is 1. The van der Waals surface area contributed by atoms with Crippen LogP contribution in [0.25, 0.3) is 0 Å². The van der Waals surface area contributed by atoms with Gasteiger partial charge in [-0.3, -0.25) is 9.59 Å². The average molecular weight is 326 g/mol. The minimum atomic E-state index is -0.414. The van der Waals surface area contributed by atoms with Crippen LogP contribution in [0.2, 0.25) is 0 Å². The highest BCUT2D eigenvalue weighted by atomic mass is 35.5. The fraction of sp³-hybridized carbons (Fsp3) is 0.467. The zero-order valence-electron chi connectivity index (χ0n) is 12.1. The van der Waals surface area contributed by atoms with Crippen molar-refractivity contribution in [1.29, 1.82) is 0 Å². The highest BCUT2D eigenvalue weighted by Gasteiger charge is 2.29. The molecule has 1 aromatic rings. The van der Waals surface area contributed by atoms with Crippen LogP contribution in [0.5, 0.6) is 0 Å². The Kier molecular flexibility index (Phi) is 5.39. The number of hydrogen-bond acceptors (Lipinski definition) is 4. The van der Waals surface area contributed by atoms with Gasteiger partial charge in [-0.15, -0.1) is 12.4 Å². The first kappa shape index (κ1) is 16.7. The van der Waals surface area contributed by atoms with E-state index < -0.39 is 6.10 Å². The Balaban J connectivity index is 0.00000176. The van der Waals surface area contributed by atoms with E-state index in [2.05, 4.69) is 10.6 Å². The standard InChI is InChI=1S/C15H19N3O3.ClH/c19-13-7-16-5-11(13)6-17-14(20)9-18-8-10-3-1-2-4-12(10)15(18)21;/h1-4,11,13,16,19H,5-9H2,(H,17,20);1H. The van der Waals surface area contributed by atoms with E-state index in [1.807, 2.05) is 18.2 Å². The van der Waals surface area contributed by atoms with E-state index in [-0.39, 0.29) is 36.7 Å². The second kappa shape index (κ2) is 7.09. The Morgan fingerprint density at radius 1 is 1.36 bits per heavy atom. The third-order valence-electron chi connectivity index (χ3n) is 4.10. The molecule has 6 nitrogen and oxygen atoms in total. The lowest BCUT2D eigenvalue weighted by atomic mass is 10.1. The Labute approximate surface area is 135 Å². The molecule has 0 spiro atoms. The van der Waals surface area contributed by atoms with Gasteiger partial charge in [0.1, 0.15) is 6.54 Å². The minimum Gasteiger partial charge on any atom is -0.391 e. The number of benzene rings is 1. The summed E-state index contributed by atoms with van der Waals surface area (Å²) in [6.07, 6.45) is -0.414. The van der Waals surface area contributed by atoms with Crippen molar-refractivity contribution in [1.82, 2.24) is 15.5 Å². The van der Waals surface area contributed by atoms with Crippen LogP contribution in [-0.4, -0.2) is 54.1 Å². The zero-order chi connectivity index (χ0) is 14.8. The fourth-order valence-corrected chi connectivity index (χ4v) is 2.84. The van der Waals surface area contributed by atoms with Crippen LogP contribution in [0, 0.1) is 5.92 Å². The number of amides is 2. The maximum absolute atomic E-state index is 12.1. The molecular weight excluding hydrogens is 306 g/mol. The number of carbonyl (C=O) groups is 2. The molecule has 2 heterocycles. The van der Waals surface area contributed by atoms with Gasteiger partial charge >= 0.3 is 0 Å².